The summed E-state index contributed by atoms with van der Waals surface area (Å²) in [5.41, 5.74) is 4.75. The fourth-order valence-electron chi connectivity index (χ4n) is 1.05. The molecule has 0 amide bonds. The highest BCUT2D eigenvalue weighted by atomic mass is 31.2. The van der Waals surface area contributed by atoms with E-state index >= 15 is 0 Å². The Hall–Kier alpha value is 0.135. The van der Waals surface area contributed by atoms with Crippen LogP contribution in [0.1, 0.15) is 12.8 Å². The predicted octanol–water partition coefficient (Wildman–Crippen LogP) is -0.264. The van der Waals surface area contributed by atoms with Crippen molar-refractivity contribution < 1.29 is 18.7 Å². The number of rotatable bonds is 3. The summed E-state index contributed by atoms with van der Waals surface area (Å²) in [5.74, 6) is 0. The van der Waals surface area contributed by atoms with E-state index in [1.165, 1.54) is 0 Å². The molecule has 1 rings (SSSR count). The molecule has 0 saturated carbocycles. The number of hydrogen-bond donors (Lipinski definition) is 2. The molecule has 1 aliphatic heterocycles. The van der Waals surface area contributed by atoms with Crippen molar-refractivity contribution in [2.75, 3.05) is 6.61 Å². The van der Waals surface area contributed by atoms with E-state index in [4.69, 9.17) is 23.0 Å². The zero-order chi connectivity index (χ0) is 9.19. The maximum absolute atomic E-state index is 10.5. The molecule has 2 radical (unpaired) electrons. The van der Waals surface area contributed by atoms with Crippen molar-refractivity contribution >= 4 is 15.6 Å². The van der Waals surface area contributed by atoms with Crippen LogP contribution in [0.15, 0.2) is 0 Å². The molecule has 1 aliphatic rings. The van der Waals surface area contributed by atoms with E-state index in [1.54, 1.807) is 0 Å². The monoisotopic (exact) mass is 191 g/mol. The Balaban J connectivity index is 2.21. The van der Waals surface area contributed by atoms with Crippen molar-refractivity contribution in [1.29, 1.82) is 0 Å². The second-order valence-electron chi connectivity index (χ2n) is 2.73. The molecule has 0 spiro atoms. The van der Waals surface area contributed by atoms with Crippen molar-refractivity contribution in [3.05, 3.63) is 0 Å². The smallest absolute Gasteiger partial charge is 0.382 e. The summed E-state index contributed by atoms with van der Waals surface area (Å²) in [6.07, 6.45) is 1.28. The number of nitrogens with two attached hydrogens (primary N) is 1. The van der Waals surface area contributed by atoms with Gasteiger partial charge in [-0.2, -0.15) is 0 Å². The molecule has 3 atom stereocenters. The molecular formula is C5H11BNO4P. The SMILES string of the molecule is [B]C1CCC(COP(N)(=O)O)O1. The molecule has 0 aromatic rings. The van der Waals surface area contributed by atoms with Crippen LogP contribution in [0.3, 0.4) is 0 Å². The van der Waals surface area contributed by atoms with Crippen LogP contribution in [0.2, 0.25) is 0 Å². The summed E-state index contributed by atoms with van der Waals surface area (Å²) in [4.78, 5) is 8.57. The van der Waals surface area contributed by atoms with Gasteiger partial charge in [-0.1, -0.05) is 0 Å². The van der Waals surface area contributed by atoms with Crippen molar-refractivity contribution in [3.8, 4) is 0 Å². The molecular weight excluding hydrogens is 180 g/mol. The standard InChI is InChI=1S/C5H11BNO4P/c6-5-2-1-4(11-5)3-10-12(7,8)9/h4-5H,1-3H2,(H3,7,8,9). The highest BCUT2D eigenvalue weighted by Gasteiger charge is 2.24. The number of ether oxygens (including phenoxy) is 1. The molecule has 3 N–H and O–H groups in total. The first-order chi connectivity index (χ1) is 5.47. The lowest BCUT2D eigenvalue weighted by Crippen LogP contribution is -2.17. The predicted molar refractivity (Wildman–Crippen MR) is 43.6 cm³/mol. The van der Waals surface area contributed by atoms with E-state index < -0.39 is 7.75 Å². The minimum absolute atomic E-state index is 0.0258. The molecule has 0 aromatic carbocycles. The lowest BCUT2D eigenvalue weighted by atomic mass is 9.97. The van der Waals surface area contributed by atoms with Crippen LogP contribution in [0.4, 0.5) is 0 Å². The Morgan fingerprint density at radius 2 is 2.42 bits per heavy atom. The summed E-state index contributed by atoms with van der Waals surface area (Å²) in [5, 5.41) is 0. The highest BCUT2D eigenvalue weighted by Crippen LogP contribution is 2.32. The second kappa shape index (κ2) is 3.90. The summed E-state index contributed by atoms with van der Waals surface area (Å²) >= 11 is 0. The Morgan fingerprint density at radius 1 is 1.75 bits per heavy atom. The van der Waals surface area contributed by atoms with Gasteiger partial charge in [0.25, 0.3) is 0 Å². The summed E-state index contributed by atoms with van der Waals surface area (Å²) in [6.45, 7) is 0.0258. The first kappa shape index (κ1) is 10.2. The van der Waals surface area contributed by atoms with Gasteiger partial charge in [0.15, 0.2) is 0 Å². The summed E-state index contributed by atoms with van der Waals surface area (Å²) in [7, 11) is 1.57. The molecule has 0 bridgehead atoms. The van der Waals surface area contributed by atoms with Crippen molar-refractivity contribution in [2.24, 2.45) is 5.50 Å². The van der Waals surface area contributed by atoms with Crippen LogP contribution in [0.25, 0.3) is 0 Å². The molecule has 1 heterocycles. The molecule has 0 aliphatic carbocycles. The van der Waals surface area contributed by atoms with Gasteiger partial charge in [0.1, 0.15) is 7.85 Å². The van der Waals surface area contributed by atoms with Crippen LogP contribution in [0.5, 0.6) is 0 Å². The van der Waals surface area contributed by atoms with Gasteiger partial charge in [-0.25, -0.2) is 10.1 Å². The van der Waals surface area contributed by atoms with Gasteiger partial charge >= 0.3 is 7.75 Å². The van der Waals surface area contributed by atoms with Gasteiger partial charge < -0.3 is 9.63 Å². The largest absolute Gasteiger partial charge is 0.400 e. The molecule has 12 heavy (non-hydrogen) atoms. The van der Waals surface area contributed by atoms with Gasteiger partial charge in [0.05, 0.1) is 12.7 Å². The fraction of sp³-hybridized carbons (Fsp3) is 1.00. The maximum atomic E-state index is 10.5. The molecule has 1 fully saturated rings. The first-order valence-electron chi connectivity index (χ1n) is 3.64. The third kappa shape index (κ3) is 3.69. The topological polar surface area (TPSA) is 81.8 Å². The average molecular weight is 191 g/mol. The summed E-state index contributed by atoms with van der Waals surface area (Å²) in [6, 6.07) is -0.283. The van der Waals surface area contributed by atoms with Gasteiger partial charge in [-0.15, -0.1) is 0 Å². The summed E-state index contributed by atoms with van der Waals surface area (Å²) < 4.78 is 20.1. The van der Waals surface area contributed by atoms with Crippen LogP contribution in [0, 0.1) is 0 Å². The normalized spacial score (nSPS) is 34.8. The van der Waals surface area contributed by atoms with Crippen LogP contribution in [-0.2, 0) is 13.8 Å². The minimum Gasteiger partial charge on any atom is -0.382 e. The lowest BCUT2D eigenvalue weighted by Gasteiger charge is -2.12. The Bertz CT molecular complexity index is 196. The lowest BCUT2D eigenvalue weighted by molar-refractivity contribution is 0.0475. The zero-order valence-electron chi connectivity index (χ0n) is 6.55. The highest BCUT2D eigenvalue weighted by molar-refractivity contribution is 7.50. The van der Waals surface area contributed by atoms with E-state index in [-0.39, 0.29) is 18.7 Å². The van der Waals surface area contributed by atoms with Crippen LogP contribution < -0.4 is 5.50 Å². The molecule has 7 heteroatoms. The van der Waals surface area contributed by atoms with Crippen LogP contribution >= 0.6 is 7.75 Å². The molecule has 1 saturated heterocycles. The van der Waals surface area contributed by atoms with Crippen molar-refractivity contribution in [1.82, 2.24) is 0 Å². The van der Waals surface area contributed by atoms with E-state index in [0.29, 0.717) is 0 Å². The zero-order valence-corrected chi connectivity index (χ0v) is 7.44. The third-order valence-corrected chi connectivity index (χ3v) is 2.10. The second-order valence-corrected chi connectivity index (χ2v) is 4.12. The molecule has 3 unspecified atom stereocenters. The van der Waals surface area contributed by atoms with Gasteiger partial charge in [-0.05, 0) is 12.8 Å². The number of hydrogen-bond acceptors (Lipinski definition) is 3. The van der Waals surface area contributed by atoms with Crippen molar-refractivity contribution in [3.63, 3.8) is 0 Å². The van der Waals surface area contributed by atoms with Gasteiger partial charge in [0.2, 0.25) is 0 Å². The van der Waals surface area contributed by atoms with Gasteiger partial charge in [-0.3, -0.25) is 4.52 Å². The Labute approximate surface area is 72.2 Å². The van der Waals surface area contributed by atoms with E-state index in [0.717, 1.165) is 12.8 Å². The van der Waals surface area contributed by atoms with E-state index in [1.807, 2.05) is 0 Å². The van der Waals surface area contributed by atoms with Gasteiger partial charge in [0, 0.05) is 6.00 Å². The average Bonchev–Trinajstić information content (AvgIpc) is 2.30. The quantitative estimate of drug-likeness (QED) is 0.474. The minimum atomic E-state index is -3.86. The molecule has 5 nitrogen and oxygen atoms in total. The Morgan fingerprint density at radius 3 is 2.83 bits per heavy atom. The van der Waals surface area contributed by atoms with Crippen molar-refractivity contribution in [2.45, 2.75) is 24.9 Å². The first-order valence-corrected chi connectivity index (χ1v) is 5.29. The molecule has 68 valence electrons. The Kier molecular flexibility index (Phi) is 3.32. The molecule has 0 aromatic heterocycles. The van der Waals surface area contributed by atoms with E-state index in [2.05, 4.69) is 4.52 Å². The maximum Gasteiger partial charge on any atom is 0.400 e. The fourth-order valence-corrected chi connectivity index (χ4v) is 1.43. The third-order valence-electron chi connectivity index (χ3n) is 1.59. The van der Waals surface area contributed by atoms with E-state index in [9.17, 15) is 4.57 Å². The van der Waals surface area contributed by atoms with Crippen LogP contribution in [-0.4, -0.2) is 31.5 Å².